The molecular formula is C20H26N4O4. The molecule has 2 aliphatic heterocycles. The van der Waals surface area contributed by atoms with Crippen LogP contribution in [0, 0.1) is 0 Å². The van der Waals surface area contributed by atoms with Crippen molar-refractivity contribution in [1.29, 1.82) is 0 Å². The van der Waals surface area contributed by atoms with E-state index in [1.807, 2.05) is 0 Å². The topological polar surface area (TPSA) is 122 Å². The first-order valence-corrected chi connectivity index (χ1v) is 9.74. The first-order valence-electron chi connectivity index (χ1n) is 9.74. The highest BCUT2D eigenvalue weighted by molar-refractivity contribution is 6.24. The molecule has 8 nitrogen and oxygen atoms in total. The van der Waals surface area contributed by atoms with E-state index >= 15 is 0 Å². The number of benzene rings is 1. The maximum Gasteiger partial charge on any atom is 0.262 e. The summed E-state index contributed by atoms with van der Waals surface area (Å²) in [6, 6.07) is 4.32. The van der Waals surface area contributed by atoms with Crippen LogP contribution >= 0.6 is 0 Å². The van der Waals surface area contributed by atoms with Gasteiger partial charge in [-0.2, -0.15) is 0 Å². The Hall–Kier alpha value is -2.58. The minimum Gasteiger partial charge on any atom is -0.329 e. The number of fused-ring (bicyclic) bond motifs is 1. The van der Waals surface area contributed by atoms with E-state index in [4.69, 9.17) is 5.73 Å². The zero-order valence-corrected chi connectivity index (χ0v) is 16.0. The highest BCUT2D eigenvalue weighted by Crippen LogP contribution is 2.30. The molecule has 150 valence electrons. The van der Waals surface area contributed by atoms with Crippen molar-refractivity contribution in [2.75, 3.05) is 6.54 Å². The lowest BCUT2D eigenvalue weighted by Crippen LogP contribution is -2.54. The van der Waals surface area contributed by atoms with Gasteiger partial charge in [0.2, 0.25) is 11.8 Å². The fraction of sp³-hybridized carbons (Fsp3) is 0.500. The molecule has 1 aromatic rings. The maximum atomic E-state index is 13.0. The average molecular weight is 386 g/mol. The number of imide groups is 2. The number of hydrogen-bond acceptors (Lipinski definition) is 6. The summed E-state index contributed by atoms with van der Waals surface area (Å²) in [5.41, 5.74) is 7.16. The maximum absolute atomic E-state index is 13.0. The number of amides is 4. The van der Waals surface area contributed by atoms with E-state index in [-0.39, 0.29) is 24.8 Å². The average Bonchev–Trinajstić information content (AvgIpc) is 2.93. The molecule has 2 atom stereocenters. The SMILES string of the molecule is CCCCC(CN)NCc1cccc2c1C(=O)N(C1CCC(=O)NC1=O)C2=O. The molecule has 2 unspecified atom stereocenters. The second kappa shape index (κ2) is 8.62. The summed E-state index contributed by atoms with van der Waals surface area (Å²) in [4.78, 5) is 50.4. The molecule has 3 rings (SSSR count). The summed E-state index contributed by atoms with van der Waals surface area (Å²) < 4.78 is 0. The molecule has 1 saturated heterocycles. The van der Waals surface area contributed by atoms with Gasteiger partial charge in [0.15, 0.2) is 0 Å². The number of hydrogen-bond donors (Lipinski definition) is 3. The molecule has 2 aliphatic rings. The van der Waals surface area contributed by atoms with E-state index in [9.17, 15) is 19.2 Å². The Balaban J connectivity index is 1.80. The Bertz CT molecular complexity index is 807. The second-order valence-electron chi connectivity index (χ2n) is 7.24. The molecule has 0 spiro atoms. The van der Waals surface area contributed by atoms with Gasteiger partial charge >= 0.3 is 0 Å². The van der Waals surface area contributed by atoms with Crippen molar-refractivity contribution >= 4 is 23.6 Å². The highest BCUT2D eigenvalue weighted by atomic mass is 16.2. The summed E-state index contributed by atoms with van der Waals surface area (Å²) in [6.07, 6.45) is 3.33. The van der Waals surface area contributed by atoms with E-state index in [1.165, 1.54) is 0 Å². The zero-order valence-electron chi connectivity index (χ0n) is 16.0. The Morgan fingerprint density at radius 1 is 1.25 bits per heavy atom. The fourth-order valence-electron chi connectivity index (χ4n) is 3.74. The van der Waals surface area contributed by atoms with Crippen LogP contribution in [-0.2, 0) is 16.1 Å². The minimum atomic E-state index is -0.952. The molecule has 1 fully saturated rings. The van der Waals surface area contributed by atoms with Crippen molar-refractivity contribution in [3.05, 3.63) is 34.9 Å². The van der Waals surface area contributed by atoms with Crippen molar-refractivity contribution in [3.8, 4) is 0 Å². The molecule has 4 N–H and O–H groups in total. The van der Waals surface area contributed by atoms with Crippen molar-refractivity contribution in [1.82, 2.24) is 15.5 Å². The quantitative estimate of drug-likeness (QED) is 0.565. The third-order valence-corrected chi connectivity index (χ3v) is 5.33. The molecule has 1 aromatic carbocycles. The third kappa shape index (κ3) is 3.83. The van der Waals surface area contributed by atoms with E-state index in [0.29, 0.717) is 29.8 Å². The number of carbonyl (C=O) groups is 4. The monoisotopic (exact) mass is 386 g/mol. The molecule has 0 saturated carbocycles. The predicted octanol–water partition coefficient (Wildman–Crippen LogP) is 0.695. The fourth-order valence-corrected chi connectivity index (χ4v) is 3.74. The summed E-state index contributed by atoms with van der Waals surface area (Å²) in [5, 5.41) is 5.57. The number of unbranched alkanes of at least 4 members (excludes halogenated alkanes) is 1. The van der Waals surface area contributed by atoms with Crippen molar-refractivity contribution in [3.63, 3.8) is 0 Å². The lowest BCUT2D eigenvalue weighted by Gasteiger charge is -2.27. The summed E-state index contributed by atoms with van der Waals surface area (Å²) >= 11 is 0. The van der Waals surface area contributed by atoms with E-state index in [1.54, 1.807) is 18.2 Å². The van der Waals surface area contributed by atoms with Crippen LogP contribution in [0.5, 0.6) is 0 Å². The van der Waals surface area contributed by atoms with Crippen molar-refractivity contribution in [2.45, 2.75) is 57.7 Å². The molecule has 0 radical (unpaired) electrons. The Morgan fingerprint density at radius 2 is 2.04 bits per heavy atom. The molecule has 4 amide bonds. The summed E-state index contributed by atoms with van der Waals surface area (Å²) in [6.45, 7) is 3.02. The Labute approximate surface area is 163 Å². The standard InChI is InChI=1S/C20H26N4O4/c1-2-3-6-13(10-21)22-11-12-5-4-7-14-17(12)20(28)24(19(14)27)15-8-9-16(25)23-18(15)26/h4-5,7,13,15,22H,2-3,6,8-11,21H2,1H3,(H,23,25,26). The zero-order chi connectivity index (χ0) is 20.3. The minimum absolute atomic E-state index is 0.105. The van der Waals surface area contributed by atoms with Gasteiger partial charge in [-0.15, -0.1) is 0 Å². The summed E-state index contributed by atoms with van der Waals surface area (Å²) in [5.74, 6) is -1.96. The molecule has 2 heterocycles. The van der Waals surface area contributed by atoms with Crippen molar-refractivity contribution < 1.29 is 19.2 Å². The van der Waals surface area contributed by atoms with E-state index in [2.05, 4.69) is 17.6 Å². The number of nitrogens with zero attached hydrogens (tertiary/aromatic N) is 1. The highest BCUT2D eigenvalue weighted by Gasteiger charge is 2.45. The number of carbonyl (C=O) groups excluding carboxylic acids is 4. The van der Waals surface area contributed by atoms with Gasteiger partial charge in [-0.1, -0.05) is 31.9 Å². The van der Waals surface area contributed by atoms with Crippen LogP contribution in [0.15, 0.2) is 18.2 Å². The van der Waals surface area contributed by atoms with Crippen LogP contribution in [0.2, 0.25) is 0 Å². The Kier molecular flexibility index (Phi) is 6.21. The Morgan fingerprint density at radius 3 is 2.71 bits per heavy atom. The van der Waals surface area contributed by atoms with Gasteiger partial charge < -0.3 is 11.1 Å². The number of piperidine rings is 1. The smallest absolute Gasteiger partial charge is 0.262 e. The van der Waals surface area contributed by atoms with Crippen LogP contribution in [0.25, 0.3) is 0 Å². The van der Waals surface area contributed by atoms with Gasteiger partial charge in [-0.05, 0) is 24.5 Å². The van der Waals surface area contributed by atoms with Crippen LogP contribution in [0.4, 0.5) is 0 Å². The van der Waals surface area contributed by atoms with Crippen LogP contribution in [-0.4, -0.2) is 47.2 Å². The molecular weight excluding hydrogens is 360 g/mol. The van der Waals surface area contributed by atoms with Gasteiger partial charge in [0.1, 0.15) is 6.04 Å². The van der Waals surface area contributed by atoms with Gasteiger partial charge in [-0.3, -0.25) is 29.4 Å². The normalized spacial score (nSPS) is 20.4. The number of rotatable bonds is 8. The number of nitrogens with one attached hydrogen (secondary N) is 2. The molecule has 8 heteroatoms. The molecule has 0 bridgehead atoms. The molecule has 28 heavy (non-hydrogen) atoms. The van der Waals surface area contributed by atoms with Gasteiger partial charge in [-0.25, -0.2) is 0 Å². The first kappa shape index (κ1) is 20.2. The van der Waals surface area contributed by atoms with Gasteiger partial charge in [0.25, 0.3) is 11.8 Å². The number of nitrogens with two attached hydrogens (primary N) is 1. The lowest BCUT2D eigenvalue weighted by atomic mass is 10.0. The molecule has 0 aromatic heterocycles. The first-order chi connectivity index (χ1) is 13.5. The lowest BCUT2D eigenvalue weighted by molar-refractivity contribution is -0.136. The van der Waals surface area contributed by atoms with E-state index in [0.717, 1.165) is 24.2 Å². The third-order valence-electron chi connectivity index (χ3n) is 5.33. The van der Waals surface area contributed by atoms with E-state index < -0.39 is 23.8 Å². The largest absolute Gasteiger partial charge is 0.329 e. The van der Waals surface area contributed by atoms with Crippen LogP contribution in [0.1, 0.15) is 65.3 Å². The van der Waals surface area contributed by atoms with Crippen LogP contribution in [0.3, 0.4) is 0 Å². The predicted molar refractivity (Wildman–Crippen MR) is 102 cm³/mol. The van der Waals surface area contributed by atoms with Crippen LogP contribution < -0.4 is 16.4 Å². The van der Waals surface area contributed by atoms with Gasteiger partial charge in [0, 0.05) is 25.6 Å². The van der Waals surface area contributed by atoms with Crippen molar-refractivity contribution in [2.24, 2.45) is 5.73 Å². The second-order valence-corrected chi connectivity index (χ2v) is 7.24. The molecule has 0 aliphatic carbocycles. The summed E-state index contributed by atoms with van der Waals surface area (Å²) in [7, 11) is 0. The van der Waals surface area contributed by atoms with Gasteiger partial charge in [0.05, 0.1) is 11.1 Å².